The van der Waals surface area contributed by atoms with Crippen molar-refractivity contribution >= 4 is 0 Å². The molecule has 0 radical (unpaired) electrons. The van der Waals surface area contributed by atoms with Crippen LogP contribution in [-0.2, 0) is 13.6 Å². The third kappa shape index (κ3) is 2.35. The predicted octanol–water partition coefficient (Wildman–Crippen LogP) is 1.80. The van der Waals surface area contributed by atoms with E-state index in [-0.39, 0.29) is 0 Å². The van der Waals surface area contributed by atoms with Crippen LogP contribution in [-0.4, -0.2) is 27.5 Å². The third-order valence-corrected chi connectivity index (χ3v) is 2.98. The van der Waals surface area contributed by atoms with E-state index in [0.717, 1.165) is 6.54 Å². The summed E-state index contributed by atoms with van der Waals surface area (Å²) in [6.45, 7) is 3.50. The van der Waals surface area contributed by atoms with Gasteiger partial charge in [0.2, 0.25) is 0 Å². The quantitative estimate of drug-likeness (QED) is 0.714. The number of aromatic nitrogens is 2. The largest absolute Gasteiger partial charge is 0.337 e. The Morgan fingerprint density at radius 3 is 2.50 bits per heavy atom. The Labute approximate surface area is 85.7 Å². The molecule has 78 valence electrons. The normalized spacial score (nSPS) is 19.5. The van der Waals surface area contributed by atoms with Crippen molar-refractivity contribution in [3.63, 3.8) is 0 Å². The number of hydrogen-bond donors (Lipinski definition) is 0. The van der Waals surface area contributed by atoms with Gasteiger partial charge in [0.25, 0.3) is 0 Å². The topological polar surface area (TPSA) is 21.1 Å². The highest BCUT2D eigenvalue weighted by Gasteiger charge is 2.10. The van der Waals surface area contributed by atoms with Crippen molar-refractivity contribution in [1.29, 1.82) is 0 Å². The molecule has 3 nitrogen and oxygen atoms in total. The summed E-state index contributed by atoms with van der Waals surface area (Å²) in [4.78, 5) is 6.88. The van der Waals surface area contributed by atoms with Crippen molar-refractivity contribution in [2.24, 2.45) is 7.05 Å². The first-order valence-electron chi connectivity index (χ1n) is 5.55. The molecule has 0 N–H and O–H groups in total. The first-order valence-corrected chi connectivity index (χ1v) is 5.55. The van der Waals surface area contributed by atoms with E-state index in [1.165, 1.54) is 44.6 Å². The summed E-state index contributed by atoms with van der Waals surface area (Å²) in [6, 6.07) is 0. The van der Waals surface area contributed by atoms with Crippen molar-refractivity contribution in [3.8, 4) is 0 Å². The maximum Gasteiger partial charge on any atom is 0.122 e. The molecule has 0 amide bonds. The van der Waals surface area contributed by atoms with Crippen LogP contribution in [0.1, 0.15) is 31.5 Å². The highest BCUT2D eigenvalue weighted by Crippen LogP contribution is 2.11. The average molecular weight is 193 g/mol. The van der Waals surface area contributed by atoms with Gasteiger partial charge in [0.15, 0.2) is 0 Å². The summed E-state index contributed by atoms with van der Waals surface area (Å²) in [5, 5.41) is 0. The number of nitrogens with zero attached hydrogens (tertiary/aromatic N) is 3. The monoisotopic (exact) mass is 193 g/mol. The van der Waals surface area contributed by atoms with Crippen LogP contribution in [0.25, 0.3) is 0 Å². The summed E-state index contributed by atoms with van der Waals surface area (Å²) in [5.41, 5.74) is 0. The molecule has 1 aromatic heterocycles. The van der Waals surface area contributed by atoms with Gasteiger partial charge in [-0.3, -0.25) is 4.90 Å². The van der Waals surface area contributed by atoms with Crippen LogP contribution in [0, 0.1) is 0 Å². The van der Waals surface area contributed by atoms with Crippen LogP contribution in [0.3, 0.4) is 0 Å². The zero-order chi connectivity index (χ0) is 9.80. The zero-order valence-electron chi connectivity index (χ0n) is 8.95. The van der Waals surface area contributed by atoms with Crippen LogP contribution in [0.15, 0.2) is 12.4 Å². The SMILES string of the molecule is Cn1ccnc1CN1CCCCCC1. The van der Waals surface area contributed by atoms with Crippen LogP contribution in [0.5, 0.6) is 0 Å². The summed E-state index contributed by atoms with van der Waals surface area (Å²) >= 11 is 0. The van der Waals surface area contributed by atoms with E-state index >= 15 is 0 Å². The second-order valence-electron chi connectivity index (χ2n) is 4.14. The van der Waals surface area contributed by atoms with Gasteiger partial charge in [0.1, 0.15) is 5.82 Å². The smallest absolute Gasteiger partial charge is 0.122 e. The molecule has 0 saturated carbocycles. The molecule has 0 unspecified atom stereocenters. The molecule has 0 atom stereocenters. The second-order valence-corrected chi connectivity index (χ2v) is 4.14. The lowest BCUT2D eigenvalue weighted by Gasteiger charge is -2.18. The molecule has 14 heavy (non-hydrogen) atoms. The van der Waals surface area contributed by atoms with Crippen molar-refractivity contribution in [3.05, 3.63) is 18.2 Å². The number of likely N-dealkylation sites (tertiary alicyclic amines) is 1. The number of rotatable bonds is 2. The van der Waals surface area contributed by atoms with Gasteiger partial charge in [0.05, 0.1) is 6.54 Å². The Bertz CT molecular complexity index is 272. The number of aryl methyl sites for hydroxylation is 1. The van der Waals surface area contributed by atoms with E-state index in [9.17, 15) is 0 Å². The molecule has 1 saturated heterocycles. The molecule has 3 heteroatoms. The fourth-order valence-corrected chi connectivity index (χ4v) is 2.04. The van der Waals surface area contributed by atoms with E-state index in [2.05, 4.69) is 21.5 Å². The van der Waals surface area contributed by atoms with Crippen LogP contribution < -0.4 is 0 Å². The predicted molar refractivity (Wildman–Crippen MR) is 57.0 cm³/mol. The minimum atomic E-state index is 1.02. The van der Waals surface area contributed by atoms with Crippen molar-refractivity contribution in [2.75, 3.05) is 13.1 Å². The Morgan fingerprint density at radius 2 is 1.93 bits per heavy atom. The highest BCUT2D eigenvalue weighted by molar-refractivity contribution is 4.91. The standard InChI is InChI=1S/C11H19N3/c1-13-9-6-12-11(13)10-14-7-4-2-3-5-8-14/h6,9H,2-5,7-8,10H2,1H3. The van der Waals surface area contributed by atoms with Gasteiger partial charge in [-0.25, -0.2) is 4.98 Å². The lowest BCUT2D eigenvalue weighted by atomic mass is 10.2. The minimum Gasteiger partial charge on any atom is -0.337 e. The molecule has 1 aromatic rings. The van der Waals surface area contributed by atoms with E-state index in [1.807, 2.05) is 12.4 Å². The van der Waals surface area contributed by atoms with Gasteiger partial charge in [-0.05, 0) is 25.9 Å². The zero-order valence-corrected chi connectivity index (χ0v) is 8.95. The molecule has 2 rings (SSSR count). The van der Waals surface area contributed by atoms with Crippen LogP contribution in [0.4, 0.5) is 0 Å². The van der Waals surface area contributed by atoms with E-state index < -0.39 is 0 Å². The van der Waals surface area contributed by atoms with Gasteiger partial charge in [-0.1, -0.05) is 12.8 Å². The van der Waals surface area contributed by atoms with Gasteiger partial charge in [-0.2, -0.15) is 0 Å². The molecule has 0 spiro atoms. The molecule has 0 bridgehead atoms. The first-order chi connectivity index (χ1) is 6.86. The fourth-order valence-electron chi connectivity index (χ4n) is 2.04. The van der Waals surface area contributed by atoms with Gasteiger partial charge in [0, 0.05) is 19.4 Å². The minimum absolute atomic E-state index is 1.02. The Hall–Kier alpha value is -0.830. The van der Waals surface area contributed by atoms with Crippen LogP contribution in [0.2, 0.25) is 0 Å². The lowest BCUT2D eigenvalue weighted by Crippen LogP contribution is -2.25. The summed E-state index contributed by atoms with van der Waals surface area (Å²) in [7, 11) is 2.07. The van der Waals surface area contributed by atoms with Crippen molar-refractivity contribution in [2.45, 2.75) is 32.2 Å². The molecular weight excluding hydrogens is 174 g/mol. The van der Waals surface area contributed by atoms with E-state index in [1.54, 1.807) is 0 Å². The first kappa shape index (κ1) is 9.71. The molecular formula is C11H19N3. The van der Waals surface area contributed by atoms with E-state index in [0.29, 0.717) is 0 Å². The molecule has 1 aliphatic heterocycles. The summed E-state index contributed by atoms with van der Waals surface area (Å²) in [5.74, 6) is 1.19. The second kappa shape index (κ2) is 4.60. The van der Waals surface area contributed by atoms with Crippen molar-refractivity contribution in [1.82, 2.24) is 14.5 Å². The van der Waals surface area contributed by atoms with Gasteiger partial charge in [-0.15, -0.1) is 0 Å². The number of imidazole rings is 1. The Morgan fingerprint density at radius 1 is 1.21 bits per heavy atom. The fraction of sp³-hybridized carbons (Fsp3) is 0.727. The maximum atomic E-state index is 4.36. The van der Waals surface area contributed by atoms with Gasteiger partial charge >= 0.3 is 0 Å². The Balaban J connectivity index is 1.92. The molecule has 2 heterocycles. The average Bonchev–Trinajstić information content (AvgIpc) is 2.44. The summed E-state index contributed by atoms with van der Waals surface area (Å²) < 4.78 is 2.12. The van der Waals surface area contributed by atoms with Gasteiger partial charge < -0.3 is 4.57 Å². The number of hydrogen-bond acceptors (Lipinski definition) is 2. The lowest BCUT2D eigenvalue weighted by molar-refractivity contribution is 0.267. The summed E-state index contributed by atoms with van der Waals surface area (Å²) in [6.07, 6.45) is 9.41. The third-order valence-electron chi connectivity index (χ3n) is 2.98. The van der Waals surface area contributed by atoms with Crippen LogP contribution >= 0.6 is 0 Å². The van der Waals surface area contributed by atoms with E-state index in [4.69, 9.17) is 0 Å². The highest BCUT2D eigenvalue weighted by atomic mass is 15.2. The maximum absolute atomic E-state index is 4.36. The molecule has 0 aromatic carbocycles. The Kier molecular flexibility index (Phi) is 3.19. The molecule has 1 fully saturated rings. The van der Waals surface area contributed by atoms with Crippen molar-refractivity contribution < 1.29 is 0 Å². The molecule has 1 aliphatic rings. The molecule has 0 aliphatic carbocycles.